The number of unbranched alkanes of at least 4 members (excludes halogenated alkanes) is 2. The van der Waals surface area contributed by atoms with Gasteiger partial charge in [0.15, 0.2) is 11.7 Å². The Kier molecular flexibility index (Phi) is 7.94. The van der Waals surface area contributed by atoms with Gasteiger partial charge in [0, 0.05) is 40.9 Å². The molecule has 0 saturated carbocycles. The molecule has 0 aliphatic carbocycles. The summed E-state index contributed by atoms with van der Waals surface area (Å²) in [5.41, 5.74) is 10.7. The monoisotopic (exact) mass is 461 g/mol. The molecule has 182 valence electrons. The minimum Gasteiger partial charge on any atom is -0.441 e. The third kappa shape index (κ3) is 5.15. The zero-order chi connectivity index (χ0) is 24.1. The second-order valence-corrected chi connectivity index (χ2v) is 9.46. The highest BCUT2D eigenvalue weighted by Gasteiger charge is 2.26. The van der Waals surface area contributed by atoms with E-state index in [0.717, 1.165) is 61.2 Å². The lowest BCUT2D eigenvalue weighted by Gasteiger charge is -2.32. The standard InChI is InChI=1S/C29H39N3O2/c1-4-7-8-17-31-18-15-21(16-19-31)27-25-20-23(11-14-26(25)34-29(27)30)28(33)22-9-12-24(13-10-22)32(5-2)6-3/h9-14,20-21H,4-8,15-19,30H2,1-3H3. The number of fused-ring (bicyclic) bond motifs is 1. The molecule has 0 amide bonds. The van der Waals surface area contributed by atoms with Gasteiger partial charge in [0.05, 0.1) is 0 Å². The number of rotatable bonds is 10. The molecule has 2 aromatic carbocycles. The molecule has 2 heterocycles. The van der Waals surface area contributed by atoms with Crippen molar-refractivity contribution >= 4 is 28.3 Å². The Labute approximate surface area is 203 Å². The number of ketones is 1. The number of nitrogen functional groups attached to an aromatic ring is 1. The van der Waals surface area contributed by atoms with E-state index >= 15 is 0 Å². The molecule has 5 heteroatoms. The first-order valence-corrected chi connectivity index (χ1v) is 13.0. The fourth-order valence-corrected chi connectivity index (χ4v) is 5.31. The van der Waals surface area contributed by atoms with Crippen molar-refractivity contribution in [3.63, 3.8) is 0 Å². The first-order valence-electron chi connectivity index (χ1n) is 13.0. The summed E-state index contributed by atoms with van der Waals surface area (Å²) in [6.45, 7) is 11.8. The third-order valence-electron chi connectivity index (χ3n) is 7.35. The van der Waals surface area contributed by atoms with E-state index in [9.17, 15) is 4.79 Å². The predicted molar refractivity (Wildman–Crippen MR) is 142 cm³/mol. The number of nitrogens with two attached hydrogens (primary N) is 1. The number of hydrogen-bond donors (Lipinski definition) is 1. The van der Waals surface area contributed by atoms with Crippen molar-refractivity contribution in [3.8, 4) is 0 Å². The van der Waals surface area contributed by atoms with Crippen LogP contribution in [-0.2, 0) is 0 Å². The van der Waals surface area contributed by atoms with E-state index in [4.69, 9.17) is 10.2 Å². The van der Waals surface area contributed by atoms with Crippen LogP contribution in [0.4, 0.5) is 11.6 Å². The summed E-state index contributed by atoms with van der Waals surface area (Å²) >= 11 is 0. The smallest absolute Gasteiger partial charge is 0.195 e. The van der Waals surface area contributed by atoms with Crippen molar-refractivity contribution in [1.29, 1.82) is 0 Å². The molecule has 0 atom stereocenters. The lowest BCUT2D eigenvalue weighted by atomic mass is 9.87. The molecule has 0 bridgehead atoms. The molecular weight excluding hydrogens is 422 g/mol. The van der Waals surface area contributed by atoms with Crippen molar-refractivity contribution in [3.05, 3.63) is 59.2 Å². The summed E-state index contributed by atoms with van der Waals surface area (Å²) in [5.74, 6) is 0.916. The highest BCUT2D eigenvalue weighted by molar-refractivity contribution is 6.11. The van der Waals surface area contributed by atoms with Gasteiger partial charge in [0.2, 0.25) is 0 Å². The quantitative estimate of drug-likeness (QED) is 0.277. The number of hydrogen-bond acceptors (Lipinski definition) is 5. The lowest BCUT2D eigenvalue weighted by molar-refractivity contribution is 0.103. The molecular formula is C29H39N3O2. The molecule has 1 saturated heterocycles. The van der Waals surface area contributed by atoms with E-state index in [1.807, 2.05) is 42.5 Å². The SMILES string of the molecule is CCCCCN1CCC(c2c(N)oc3ccc(C(=O)c4ccc(N(CC)CC)cc4)cc23)CC1. The molecule has 1 aliphatic rings. The Hall–Kier alpha value is -2.79. The van der Waals surface area contributed by atoms with Crippen LogP contribution < -0.4 is 10.6 Å². The molecule has 1 aliphatic heterocycles. The van der Waals surface area contributed by atoms with Crippen LogP contribution in [0.2, 0.25) is 0 Å². The van der Waals surface area contributed by atoms with Crippen LogP contribution in [0.1, 0.15) is 80.3 Å². The predicted octanol–water partition coefficient (Wildman–Crippen LogP) is 6.46. The van der Waals surface area contributed by atoms with E-state index < -0.39 is 0 Å². The Morgan fingerprint density at radius 2 is 1.68 bits per heavy atom. The van der Waals surface area contributed by atoms with Crippen LogP contribution in [-0.4, -0.2) is 43.4 Å². The number of nitrogens with zero attached hydrogens (tertiary/aromatic N) is 2. The van der Waals surface area contributed by atoms with Gasteiger partial charge >= 0.3 is 0 Å². The molecule has 0 unspecified atom stereocenters. The van der Waals surface area contributed by atoms with Crippen molar-refractivity contribution in [2.45, 2.75) is 58.8 Å². The van der Waals surface area contributed by atoms with Crippen LogP contribution in [0.5, 0.6) is 0 Å². The molecule has 1 aromatic heterocycles. The molecule has 5 nitrogen and oxygen atoms in total. The summed E-state index contributed by atoms with van der Waals surface area (Å²) in [6.07, 6.45) is 5.99. The highest BCUT2D eigenvalue weighted by atomic mass is 16.3. The Morgan fingerprint density at radius 1 is 1.00 bits per heavy atom. The van der Waals surface area contributed by atoms with Gasteiger partial charge in [-0.2, -0.15) is 0 Å². The van der Waals surface area contributed by atoms with Crippen LogP contribution in [0.3, 0.4) is 0 Å². The number of benzene rings is 2. The van der Waals surface area contributed by atoms with Gasteiger partial charge in [-0.25, -0.2) is 0 Å². The average molecular weight is 462 g/mol. The number of anilines is 2. The van der Waals surface area contributed by atoms with E-state index in [-0.39, 0.29) is 5.78 Å². The van der Waals surface area contributed by atoms with Crippen LogP contribution >= 0.6 is 0 Å². The maximum absolute atomic E-state index is 13.3. The van der Waals surface area contributed by atoms with Gasteiger partial charge in [-0.05, 0) is 101 Å². The van der Waals surface area contributed by atoms with Gasteiger partial charge in [-0.3, -0.25) is 4.79 Å². The minimum absolute atomic E-state index is 0.0319. The highest BCUT2D eigenvalue weighted by Crippen LogP contribution is 2.39. The summed E-state index contributed by atoms with van der Waals surface area (Å²) in [5, 5.41) is 0.993. The van der Waals surface area contributed by atoms with Crippen molar-refractivity contribution in [1.82, 2.24) is 4.90 Å². The van der Waals surface area contributed by atoms with Crippen molar-refractivity contribution < 1.29 is 9.21 Å². The maximum atomic E-state index is 13.3. The lowest BCUT2D eigenvalue weighted by Crippen LogP contribution is -2.33. The molecule has 0 spiro atoms. The van der Waals surface area contributed by atoms with Gasteiger partial charge in [0.1, 0.15) is 5.58 Å². The van der Waals surface area contributed by atoms with Gasteiger partial charge < -0.3 is 20.0 Å². The van der Waals surface area contributed by atoms with Gasteiger partial charge in [-0.15, -0.1) is 0 Å². The van der Waals surface area contributed by atoms with E-state index in [1.165, 1.54) is 25.8 Å². The Bertz CT molecular complexity index is 1090. The fourth-order valence-electron chi connectivity index (χ4n) is 5.31. The zero-order valence-corrected chi connectivity index (χ0v) is 21.0. The zero-order valence-electron chi connectivity index (χ0n) is 21.0. The second kappa shape index (κ2) is 11.1. The Balaban J connectivity index is 1.53. The molecule has 4 rings (SSSR count). The number of piperidine rings is 1. The molecule has 1 fully saturated rings. The third-order valence-corrected chi connectivity index (χ3v) is 7.35. The largest absolute Gasteiger partial charge is 0.441 e. The average Bonchev–Trinajstić information content (AvgIpc) is 3.20. The maximum Gasteiger partial charge on any atom is 0.195 e. The fraction of sp³-hybridized carbons (Fsp3) is 0.483. The summed E-state index contributed by atoms with van der Waals surface area (Å²) < 4.78 is 5.91. The van der Waals surface area contributed by atoms with E-state index in [0.29, 0.717) is 22.9 Å². The molecule has 0 radical (unpaired) electrons. The first kappa shape index (κ1) is 24.3. The summed E-state index contributed by atoms with van der Waals surface area (Å²) in [4.78, 5) is 18.1. The normalized spacial score (nSPS) is 15.1. The number of furan rings is 1. The van der Waals surface area contributed by atoms with E-state index in [2.05, 4.69) is 30.6 Å². The minimum atomic E-state index is 0.0319. The second-order valence-electron chi connectivity index (χ2n) is 9.46. The van der Waals surface area contributed by atoms with Crippen LogP contribution in [0, 0.1) is 0 Å². The Morgan fingerprint density at radius 3 is 2.32 bits per heavy atom. The summed E-state index contributed by atoms with van der Waals surface area (Å²) in [6, 6.07) is 13.7. The van der Waals surface area contributed by atoms with Crippen LogP contribution in [0.15, 0.2) is 46.9 Å². The van der Waals surface area contributed by atoms with Gasteiger partial charge in [0.25, 0.3) is 0 Å². The summed E-state index contributed by atoms with van der Waals surface area (Å²) in [7, 11) is 0. The first-order chi connectivity index (χ1) is 16.5. The van der Waals surface area contributed by atoms with E-state index in [1.54, 1.807) is 0 Å². The van der Waals surface area contributed by atoms with Crippen molar-refractivity contribution in [2.24, 2.45) is 0 Å². The molecule has 2 N–H and O–H groups in total. The van der Waals surface area contributed by atoms with Gasteiger partial charge in [-0.1, -0.05) is 19.8 Å². The number of carbonyl (C=O) groups excluding carboxylic acids is 1. The van der Waals surface area contributed by atoms with Crippen LogP contribution in [0.25, 0.3) is 11.0 Å². The number of carbonyl (C=O) groups is 1. The molecule has 3 aromatic rings. The molecule has 34 heavy (non-hydrogen) atoms. The van der Waals surface area contributed by atoms with Crippen molar-refractivity contribution in [2.75, 3.05) is 43.4 Å². The topological polar surface area (TPSA) is 62.7 Å². The number of likely N-dealkylation sites (tertiary alicyclic amines) is 1.